The van der Waals surface area contributed by atoms with Crippen molar-refractivity contribution >= 4 is 17.7 Å². The van der Waals surface area contributed by atoms with E-state index < -0.39 is 0 Å². The zero-order chi connectivity index (χ0) is 16.8. The predicted molar refractivity (Wildman–Crippen MR) is 96.2 cm³/mol. The lowest BCUT2D eigenvalue weighted by atomic mass is 9.92. The number of hydrogen-bond acceptors (Lipinski definition) is 5. The molecule has 2 saturated heterocycles. The van der Waals surface area contributed by atoms with Crippen molar-refractivity contribution in [2.24, 2.45) is 5.92 Å². The van der Waals surface area contributed by atoms with Gasteiger partial charge in [-0.15, -0.1) is 0 Å². The molecule has 6 heteroatoms. The molecule has 2 aliphatic rings. The van der Waals surface area contributed by atoms with Gasteiger partial charge >= 0.3 is 0 Å². The predicted octanol–water partition coefficient (Wildman–Crippen LogP) is 2.53. The van der Waals surface area contributed by atoms with Crippen LogP contribution in [0.3, 0.4) is 0 Å². The minimum absolute atomic E-state index is 0.365. The summed E-state index contributed by atoms with van der Waals surface area (Å²) < 4.78 is 0. The summed E-state index contributed by atoms with van der Waals surface area (Å²) in [6.45, 7) is 6.74. The van der Waals surface area contributed by atoms with Crippen LogP contribution in [0.4, 0.5) is 11.8 Å². The summed E-state index contributed by atoms with van der Waals surface area (Å²) in [4.78, 5) is 25.6. The molecule has 1 N–H and O–H groups in total. The van der Waals surface area contributed by atoms with E-state index in [2.05, 4.69) is 25.1 Å². The van der Waals surface area contributed by atoms with Gasteiger partial charge in [-0.25, -0.2) is 4.98 Å². The van der Waals surface area contributed by atoms with E-state index in [1.54, 1.807) is 0 Å². The van der Waals surface area contributed by atoms with Crippen LogP contribution in [0.1, 0.15) is 45.4 Å². The molecule has 2 aliphatic heterocycles. The average Bonchev–Trinajstić information content (AvgIpc) is 2.63. The van der Waals surface area contributed by atoms with Crippen molar-refractivity contribution in [2.45, 2.75) is 45.4 Å². The highest BCUT2D eigenvalue weighted by Gasteiger charge is 2.25. The van der Waals surface area contributed by atoms with Gasteiger partial charge < -0.3 is 15.1 Å². The van der Waals surface area contributed by atoms with E-state index in [0.717, 1.165) is 57.8 Å². The molecule has 3 heterocycles. The molecule has 1 aromatic rings. The van der Waals surface area contributed by atoms with Crippen LogP contribution in [-0.4, -0.2) is 53.5 Å². The second-order valence-corrected chi connectivity index (χ2v) is 6.84. The lowest BCUT2D eigenvalue weighted by molar-refractivity contribution is -0.133. The van der Waals surface area contributed by atoms with Crippen LogP contribution in [-0.2, 0) is 4.79 Å². The molecule has 132 valence electrons. The summed E-state index contributed by atoms with van der Waals surface area (Å²) in [5.74, 6) is 2.56. The van der Waals surface area contributed by atoms with Gasteiger partial charge in [-0.2, -0.15) is 4.98 Å². The SMILES string of the molecule is CCNc1nccc(N2CCC(CC(=O)N3CCCCC3)CC2)n1. The Morgan fingerprint density at radius 2 is 1.96 bits per heavy atom. The summed E-state index contributed by atoms with van der Waals surface area (Å²) in [5.41, 5.74) is 0. The maximum absolute atomic E-state index is 12.4. The van der Waals surface area contributed by atoms with Crippen LogP contribution in [0.2, 0.25) is 0 Å². The van der Waals surface area contributed by atoms with Gasteiger partial charge in [-0.05, 0) is 51.0 Å². The summed E-state index contributed by atoms with van der Waals surface area (Å²) in [7, 11) is 0. The number of carbonyl (C=O) groups excluding carboxylic acids is 1. The molecule has 24 heavy (non-hydrogen) atoms. The first-order chi connectivity index (χ1) is 11.8. The van der Waals surface area contributed by atoms with E-state index in [4.69, 9.17) is 0 Å². The molecule has 2 fully saturated rings. The third-order valence-corrected chi connectivity index (χ3v) is 5.09. The Balaban J connectivity index is 1.48. The smallest absolute Gasteiger partial charge is 0.224 e. The standard InChI is InChI=1S/C18H29N5O/c1-2-19-18-20-9-6-16(21-18)22-12-7-15(8-13-22)14-17(24)23-10-4-3-5-11-23/h6,9,15H,2-5,7-8,10-14H2,1H3,(H,19,20,21). The van der Waals surface area contributed by atoms with Gasteiger partial charge in [0.25, 0.3) is 0 Å². The number of nitrogens with zero attached hydrogens (tertiary/aromatic N) is 4. The van der Waals surface area contributed by atoms with Crippen LogP contribution in [0.25, 0.3) is 0 Å². The van der Waals surface area contributed by atoms with Crippen LogP contribution in [0.5, 0.6) is 0 Å². The molecule has 0 saturated carbocycles. The van der Waals surface area contributed by atoms with Crippen molar-refractivity contribution in [3.05, 3.63) is 12.3 Å². The van der Waals surface area contributed by atoms with Gasteiger partial charge in [-0.3, -0.25) is 4.79 Å². The van der Waals surface area contributed by atoms with Crippen molar-refractivity contribution < 1.29 is 4.79 Å². The fourth-order valence-corrected chi connectivity index (χ4v) is 3.65. The summed E-state index contributed by atoms with van der Waals surface area (Å²) in [6.07, 6.45) is 8.29. The maximum Gasteiger partial charge on any atom is 0.224 e. The zero-order valence-electron chi connectivity index (χ0n) is 14.7. The van der Waals surface area contributed by atoms with Crippen molar-refractivity contribution in [3.63, 3.8) is 0 Å². The molecule has 1 amide bonds. The molecule has 3 rings (SSSR count). The number of amides is 1. The van der Waals surface area contributed by atoms with Gasteiger partial charge in [0, 0.05) is 45.3 Å². The Morgan fingerprint density at radius 1 is 1.21 bits per heavy atom. The molecule has 0 bridgehead atoms. The molecule has 0 atom stereocenters. The Hall–Kier alpha value is -1.85. The lowest BCUT2D eigenvalue weighted by Crippen LogP contribution is -2.39. The molecule has 0 radical (unpaired) electrons. The third kappa shape index (κ3) is 4.36. The Labute approximate surface area is 144 Å². The average molecular weight is 331 g/mol. The molecule has 6 nitrogen and oxygen atoms in total. The second-order valence-electron chi connectivity index (χ2n) is 6.84. The van der Waals surface area contributed by atoms with Crippen LogP contribution in [0.15, 0.2) is 12.3 Å². The van der Waals surface area contributed by atoms with Gasteiger partial charge in [0.15, 0.2) is 0 Å². The zero-order valence-corrected chi connectivity index (χ0v) is 14.7. The van der Waals surface area contributed by atoms with E-state index in [1.165, 1.54) is 19.3 Å². The van der Waals surface area contributed by atoms with E-state index in [9.17, 15) is 4.79 Å². The van der Waals surface area contributed by atoms with E-state index >= 15 is 0 Å². The second kappa shape index (κ2) is 8.31. The number of anilines is 2. The molecule has 0 aromatic carbocycles. The number of likely N-dealkylation sites (tertiary alicyclic amines) is 1. The first-order valence-electron chi connectivity index (χ1n) is 9.36. The molecule has 0 unspecified atom stereocenters. The van der Waals surface area contributed by atoms with Gasteiger partial charge in [0.1, 0.15) is 5.82 Å². The van der Waals surface area contributed by atoms with Crippen molar-refractivity contribution in [1.82, 2.24) is 14.9 Å². The Bertz CT molecular complexity index is 536. The fourth-order valence-electron chi connectivity index (χ4n) is 3.65. The summed E-state index contributed by atoms with van der Waals surface area (Å²) in [6, 6.07) is 1.97. The van der Waals surface area contributed by atoms with E-state index in [0.29, 0.717) is 17.8 Å². The monoisotopic (exact) mass is 331 g/mol. The highest BCUT2D eigenvalue weighted by Crippen LogP contribution is 2.25. The number of rotatable bonds is 5. The van der Waals surface area contributed by atoms with Crippen LogP contribution >= 0.6 is 0 Å². The Kier molecular flexibility index (Phi) is 5.88. The van der Waals surface area contributed by atoms with Crippen molar-refractivity contribution in [1.29, 1.82) is 0 Å². The third-order valence-electron chi connectivity index (χ3n) is 5.09. The highest BCUT2D eigenvalue weighted by atomic mass is 16.2. The first kappa shape index (κ1) is 17.0. The maximum atomic E-state index is 12.4. The molecular formula is C18H29N5O. The highest BCUT2D eigenvalue weighted by molar-refractivity contribution is 5.76. The number of carbonyl (C=O) groups is 1. The lowest BCUT2D eigenvalue weighted by Gasteiger charge is -2.34. The molecule has 0 spiro atoms. The summed E-state index contributed by atoms with van der Waals surface area (Å²) in [5, 5.41) is 3.16. The quantitative estimate of drug-likeness (QED) is 0.898. The first-order valence-corrected chi connectivity index (χ1v) is 9.36. The van der Waals surface area contributed by atoms with Crippen molar-refractivity contribution in [2.75, 3.05) is 42.9 Å². The number of hydrogen-bond donors (Lipinski definition) is 1. The largest absolute Gasteiger partial charge is 0.356 e. The Morgan fingerprint density at radius 3 is 2.67 bits per heavy atom. The molecule has 1 aromatic heterocycles. The van der Waals surface area contributed by atoms with Gasteiger partial charge in [0.05, 0.1) is 0 Å². The van der Waals surface area contributed by atoms with Crippen LogP contribution in [0, 0.1) is 5.92 Å². The van der Waals surface area contributed by atoms with Gasteiger partial charge in [0.2, 0.25) is 11.9 Å². The van der Waals surface area contributed by atoms with Gasteiger partial charge in [-0.1, -0.05) is 0 Å². The number of piperidine rings is 2. The van der Waals surface area contributed by atoms with Crippen molar-refractivity contribution in [3.8, 4) is 0 Å². The van der Waals surface area contributed by atoms with E-state index in [-0.39, 0.29) is 0 Å². The normalized spacial score (nSPS) is 19.4. The van der Waals surface area contributed by atoms with E-state index in [1.807, 2.05) is 19.2 Å². The topological polar surface area (TPSA) is 61.4 Å². The molecular weight excluding hydrogens is 302 g/mol. The molecule has 0 aliphatic carbocycles. The number of nitrogens with one attached hydrogen (secondary N) is 1. The van der Waals surface area contributed by atoms with Crippen LogP contribution < -0.4 is 10.2 Å². The fraction of sp³-hybridized carbons (Fsp3) is 0.722. The minimum atomic E-state index is 0.365. The summed E-state index contributed by atoms with van der Waals surface area (Å²) >= 11 is 0. The number of aromatic nitrogens is 2. The minimum Gasteiger partial charge on any atom is -0.356 e.